The Labute approximate surface area is 124 Å². The first-order valence-electron chi connectivity index (χ1n) is 6.28. The van der Waals surface area contributed by atoms with Gasteiger partial charge in [-0.3, -0.25) is 0 Å². The number of morpholine rings is 1. The van der Waals surface area contributed by atoms with Gasteiger partial charge in [0.2, 0.25) is 5.82 Å². The Hall–Kier alpha value is -1.44. The lowest BCUT2D eigenvalue weighted by Gasteiger charge is -2.20. The molecule has 1 aromatic carbocycles. The van der Waals surface area contributed by atoms with Gasteiger partial charge in [-0.05, 0) is 34.1 Å². The summed E-state index contributed by atoms with van der Waals surface area (Å²) >= 11 is 3.47. The van der Waals surface area contributed by atoms with E-state index in [0.29, 0.717) is 24.9 Å². The molecular formula is C13H14BrN3O3. The van der Waals surface area contributed by atoms with Gasteiger partial charge in [0.1, 0.15) is 11.9 Å². The van der Waals surface area contributed by atoms with E-state index in [1.807, 2.05) is 18.2 Å². The summed E-state index contributed by atoms with van der Waals surface area (Å²) < 4.78 is 17.0. The lowest BCUT2D eigenvalue weighted by atomic mass is 10.2. The minimum atomic E-state index is -0.161. The van der Waals surface area contributed by atoms with Crippen molar-refractivity contribution in [3.05, 3.63) is 28.5 Å². The van der Waals surface area contributed by atoms with E-state index in [4.69, 9.17) is 14.0 Å². The van der Waals surface area contributed by atoms with Crippen molar-refractivity contribution in [3.8, 4) is 17.2 Å². The van der Waals surface area contributed by atoms with Gasteiger partial charge in [-0.2, -0.15) is 4.98 Å². The highest BCUT2D eigenvalue weighted by Crippen LogP contribution is 2.31. The summed E-state index contributed by atoms with van der Waals surface area (Å²) in [7, 11) is 1.62. The quantitative estimate of drug-likeness (QED) is 0.924. The number of rotatable bonds is 3. The second-order valence-corrected chi connectivity index (χ2v) is 5.22. The fourth-order valence-electron chi connectivity index (χ4n) is 2.00. The molecule has 0 radical (unpaired) electrons. The maximum absolute atomic E-state index is 5.60. The molecule has 1 fully saturated rings. The van der Waals surface area contributed by atoms with Gasteiger partial charge in [0.15, 0.2) is 0 Å². The molecule has 0 aliphatic carbocycles. The van der Waals surface area contributed by atoms with Crippen molar-refractivity contribution in [1.82, 2.24) is 15.5 Å². The van der Waals surface area contributed by atoms with Crippen LogP contribution in [-0.2, 0) is 4.74 Å². The Morgan fingerprint density at radius 1 is 1.45 bits per heavy atom. The van der Waals surface area contributed by atoms with E-state index < -0.39 is 0 Å². The average molecular weight is 340 g/mol. The molecule has 0 amide bonds. The molecule has 20 heavy (non-hydrogen) atoms. The van der Waals surface area contributed by atoms with Crippen LogP contribution >= 0.6 is 15.9 Å². The third-order valence-electron chi connectivity index (χ3n) is 3.06. The number of ether oxygens (including phenoxy) is 2. The number of hydrogen-bond acceptors (Lipinski definition) is 6. The molecule has 3 rings (SSSR count). The first-order chi connectivity index (χ1) is 9.78. The van der Waals surface area contributed by atoms with Crippen LogP contribution in [0.25, 0.3) is 11.5 Å². The minimum absolute atomic E-state index is 0.161. The lowest BCUT2D eigenvalue weighted by molar-refractivity contribution is 0.0208. The van der Waals surface area contributed by atoms with Crippen LogP contribution in [0.15, 0.2) is 27.2 Å². The number of hydrogen-bond donors (Lipinski definition) is 1. The Morgan fingerprint density at radius 3 is 3.10 bits per heavy atom. The standard InChI is InChI=1S/C13H14BrN3O3/c1-18-8-2-3-10(14)9(6-8)13-16-12(17-20-13)11-7-15-4-5-19-11/h2-3,6,11,15H,4-5,7H2,1H3. The van der Waals surface area contributed by atoms with E-state index in [-0.39, 0.29) is 6.10 Å². The first kappa shape index (κ1) is 13.5. The van der Waals surface area contributed by atoms with Crippen LogP contribution < -0.4 is 10.1 Å². The van der Waals surface area contributed by atoms with Crippen molar-refractivity contribution in [1.29, 1.82) is 0 Å². The van der Waals surface area contributed by atoms with Crippen LogP contribution in [0.1, 0.15) is 11.9 Å². The van der Waals surface area contributed by atoms with Crippen LogP contribution in [0.2, 0.25) is 0 Å². The molecule has 1 atom stereocenters. The molecular weight excluding hydrogens is 326 g/mol. The summed E-state index contributed by atoms with van der Waals surface area (Å²) in [5.74, 6) is 1.74. The zero-order chi connectivity index (χ0) is 13.9. The van der Waals surface area contributed by atoms with E-state index in [9.17, 15) is 0 Å². The van der Waals surface area contributed by atoms with Gasteiger partial charge >= 0.3 is 0 Å². The van der Waals surface area contributed by atoms with Crippen molar-refractivity contribution in [2.24, 2.45) is 0 Å². The summed E-state index contributed by atoms with van der Waals surface area (Å²) in [4.78, 5) is 4.41. The second-order valence-electron chi connectivity index (χ2n) is 4.37. The molecule has 1 N–H and O–H groups in total. The predicted octanol–water partition coefficient (Wildman–Crippen LogP) is 2.17. The molecule has 1 unspecified atom stereocenters. The largest absolute Gasteiger partial charge is 0.497 e. The van der Waals surface area contributed by atoms with E-state index in [1.54, 1.807) is 7.11 Å². The van der Waals surface area contributed by atoms with Crippen LogP contribution in [0.5, 0.6) is 5.75 Å². The number of nitrogens with zero attached hydrogens (tertiary/aromatic N) is 2. The zero-order valence-electron chi connectivity index (χ0n) is 10.9. The molecule has 2 heterocycles. The van der Waals surface area contributed by atoms with Gasteiger partial charge in [-0.15, -0.1) is 0 Å². The minimum Gasteiger partial charge on any atom is -0.497 e. The maximum atomic E-state index is 5.60. The molecule has 6 nitrogen and oxygen atoms in total. The van der Waals surface area contributed by atoms with E-state index in [1.165, 1.54) is 0 Å². The summed E-state index contributed by atoms with van der Waals surface area (Å²) in [5, 5.41) is 7.24. The molecule has 0 spiro atoms. The third kappa shape index (κ3) is 2.70. The Bertz CT molecular complexity index is 596. The molecule has 106 valence electrons. The van der Waals surface area contributed by atoms with Gasteiger partial charge in [0.25, 0.3) is 5.89 Å². The van der Waals surface area contributed by atoms with Gasteiger partial charge in [-0.1, -0.05) is 5.16 Å². The molecule has 1 aliphatic heterocycles. The van der Waals surface area contributed by atoms with Crippen LogP contribution in [0.4, 0.5) is 0 Å². The molecule has 2 aromatic rings. The predicted molar refractivity (Wildman–Crippen MR) is 75.5 cm³/mol. The van der Waals surface area contributed by atoms with E-state index in [2.05, 4.69) is 31.4 Å². The van der Waals surface area contributed by atoms with Crippen LogP contribution in [0.3, 0.4) is 0 Å². The zero-order valence-corrected chi connectivity index (χ0v) is 12.5. The highest BCUT2D eigenvalue weighted by Gasteiger charge is 2.22. The normalized spacial score (nSPS) is 19.0. The van der Waals surface area contributed by atoms with E-state index in [0.717, 1.165) is 22.3 Å². The smallest absolute Gasteiger partial charge is 0.259 e. The second kappa shape index (κ2) is 5.90. The van der Waals surface area contributed by atoms with Crippen molar-refractivity contribution in [2.45, 2.75) is 6.10 Å². The molecule has 1 aromatic heterocycles. The highest BCUT2D eigenvalue weighted by molar-refractivity contribution is 9.10. The molecule has 0 bridgehead atoms. The number of methoxy groups -OCH3 is 1. The summed E-state index contributed by atoms with van der Waals surface area (Å²) in [6.45, 7) is 2.19. The topological polar surface area (TPSA) is 69.4 Å². The van der Waals surface area contributed by atoms with Crippen molar-refractivity contribution >= 4 is 15.9 Å². The van der Waals surface area contributed by atoms with Gasteiger partial charge in [0, 0.05) is 17.6 Å². The summed E-state index contributed by atoms with van der Waals surface area (Å²) in [5.41, 5.74) is 0.798. The summed E-state index contributed by atoms with van der Waals surface area (Å²) in [6.07, 6.45) is -0.161. The van der Waals surface area contributed by atoms with Gasteiger partial charge in [-0.25, -0.2) is 0 Å². The Morgan fingerprint density at radius 2 is 2.35 bits per heavy atom. The average Bonchev–Trinajstić information content (AvgIpc) is 2.98. The third-order valence-corrected chi connectivity index (χ3v) is 3.75. The molecule has 1 saturated heterocycles. The monoisotopic (exact) mass is 339 g/mol. The fraction of sp³-hybridized carbons (Fsp3) is 0.385. The van der Waals surface area contributed by atoms with Crippen LogP contribution in [0, 0.1) is 0 Å². The lowest BCUT2D eigenvalue weighted by Crippen LogP contribution is -2.33. The molecule has 7 heteroatoms. The Kier molecular flexibility index (Phi) is 4.00. The molecule has 0 saturated carbocycles. The van der Waals surface area contributed by atoms with Crippen molar-refractivity contribution in [3.63, 3.8) is 0 Å². The Balaban J connectivity index is 1.89. The first-order valence-corrected chi connectivity index (χ1v) is 7.07. The number of aromatic nitrogens is 2. The number of halogens is 1. The maximum Gasteiger partial charge on any atom is 0.259 e. The van der Waals surface area contributed by atoms with Crippen LogP contribution in [-0.4, -0.2) is 36.9 Å². The molecule has 1 aliphatic rings. The van der Waals surface area contributed by atoms with Gasteiger partial charge < -0.3 is 19.3 Å². The van der Waals surface area contributed by atoms with E-state index >= 15 is 0 Å². The van der Waals surface area contributed by atoms with Crippen molar-refractivity contribution in [2.75, 3.05) is 26.8 Å². The highest BCUT2D eigenvalue weighted by atomic mass is 79.9. The SMILES string of the molecule is COc1ccc(Br)c(-c2nc(C3CNCCO3)no2)c1. The van der Waals surface area contributed by atoms with Gasteiger partial charge in [0.05, 0.1) is 19.3 Å². The number of nitrogens with one attached hydrogen (secondary N) is 1. The summed E-state index contributed by atoms with van der Waals surface area (Å²) in [6, 6.07) is 5.59. The number of benzene rings is 1. The fourth-order valence-corrected chi connectivity index (χ4v) is 2.42. The van der Waals surface area contributed by atoms with Crippen molar-refractivity contribution < 1.29 is 14.0 Å².